The third-order valence-corrected chi connectivity index (χ3v) is 3.77. The molecule has 2 aliphatic rings. The smallest absolute Gasteiger partial charge is 0.242 e. The quantitative estimate of drug-likeness (QED) is 0.681. The summed E-state index contributed by atoms with van der Waals surface area (Å²) in [6.07, 6.45) is 1.34. The fourth-order valence-corrected chi connectivity index (χ4v) is 2.46. The summed E-state index contributed by atoms with van der Waals surface area (Å²) < 4.78 is 0. The second-order valence-electron chi connectivity index (χ2n) is 5.30. The van der Waals surface area contributed by atoms with Crippen LogP contribution in [0.2, 0.25) is 0 Å². The molecule has 0 aliphatic carbocycles. The zero-order valence-corrected chi connectivity index (χ0v) is 11.9. The molecule has 0 radical (unpaired) electrons. The molecule has 7 nitrogen and oxygen atoms in total. The van der Waals surface area contributed by atoms with E-state index >= 15 is 0 Å². The molecule has 0 unspecified atom stereocenters. The van der Waals surface area contributed by atoms with Crippen LogP contribution in [0.15, 0.2) is 0 Å². The summed E-state index contributed by atoms with van der Waals surface area (Å²) in [6.45, 7) is 3.78. The van der Waals surface area contributed by atoms with Crippen LogP contribution < -0.4 is 5.32 Å². The van der Waals surface area contributed by atoms with Crippen molar-refractivity contribution in [3.63, 3.8) is 0 Å². The number of carbonyl (C=O) groups excluding carboxylic acids is 3. The van der Waals surface area contributed by atoms with Gasteiger partial charge in [-0.2, -0.15) is 0 Å². The minimum absolute atomic E-state index is 0.0279. The van der Waals surface area contributed by atoms with Crippen molar-refractivity contribution in [2.75, 3.05) is 52.9 Å². The zero-order valence-electron chi connectivity index (χ0n) is 11.9. The van der Waals surface area contributed by atoms with Crippen molar-refractivity contribution < 1.29 is 14.4 Å². The van der Waals surface area contributed by atoms with Crippen LogP contribution in [0.3, 0.4) is 0 Å². The second-order valence-corrected chi connectivity index (χ2v) is 5.30. The first kappa shape index (κ1) is 14.8. The number of hydrogen-bond donors (Lipinski definition) is 1. The molecule has 0 aromatic carbocycles. The van der Waals surface area contributed by atoms with Crippen molar-refractivity contribution in [3.8, 4) is 0 Å². The molecule has 0 atom stereocenters. The SMILES string of the molecule is CN(CC(=O)N1CCNCC1)C(=O)CN1CCCC1=O. The minimum Gasteiger partial charge on any atom is -0.339 e. The maximum atomic E-state index is 12.0. The van der Waals surface area contributed by atoms with Crippen LogP contribution in [-0.4, -0.2) is 85.3 Å². The van der Waals surface area contributed by atoms with Gasteiger partial charge in [-0.15, -0.1) is 0 Å². The van der Waals surface area contributed by atoms with Gasteiger partial charge < -0.3 is 20.0 Å². The molecule has 7 heteroatoms. The molecule has 2 saturated heterocycles. The molecule has 20 heavy (non-hydrogen) atoms. The molecule has 2 aliphatic heterocycles. The number of likely N-dealkylation sites (N-methyl/N-ethyl adjacent to an activating group) is 1. The molecule has 0 bridgehead atoms. The molecule has 0 spiro atoms. The zero-order chi connectivity index (χ0) is 14.5. The summed E-state index contributed by atoms with van der Waals surface area (Å²) in [6, 6.07) is 0. The Labute approximate surface area is 118 Å². The normalized spacial score (nSPS) is 19.4. The van der Waals surface area contributed by atoms with Gasteiger partial charge in [0, 0.05) is 46.2 Å². The topological polar surface area (TPSA) is 73.0 Å². The molecule has 2 fully saturated rings. The van der Waals surface area contributed by atoms with Crippen molar-refractivity contribution in [2.45, 2.75) is 12.8 Å². The molecular formula is C13H22N4O3. The van der Waals surface area contributed by atoms with Gasteiger partial charge in [0.05, 0.1) is 13.1 Å². The van der Waals surface area contributed by atoms with Gasteiger partial charge >= 0.3 is 0 Å². The van der Waals surface area contributed by atoms with Crippen LogP contribution in [-0.2, 0) is 14.4 Å². The van der Waals surface area contributed by atoms with Crippen molar-refractivity contribution in [3.05, 3.63) is 0 Å². The number of hydrogen-bond acceptors (Lipinski definition) is 4. The average Bonchev–Trinajstić information content (AvgIpc) is 2.85. The van der Waals surface area contributed by atoms with E-state index in [1.54, 1.807) is 16.8 Å². The molecular weight excluding hydrogens is 260 g/mol. The standard InChI is InChI=1S/C13H22N4O3/c1-15(9-13(20)16-7-4-14-5-8-16)12(19)10-17-6-2-3-11(17)18/h14H,2-10H2,1H3. The van der Waals surface area contributed by atoms with Crippen molar-refractivity contribution >= 4 is 17.7 Å². The molecule has 1 N–H and O–H groups in total. The largest absolute Gasteiger partial charge is 0.339 e. The average molecular weight is 282 g/mol. The Morgan fingerprint density at radius 2 is 1.95 bits per heavy atom. The Kier molecular flexibility index (Phi) is 4.94. The van der Waals surface area contributed by atoms with Crippen LogP contribution in [0.5, 0.6) is 0 Å². The van der Waals surface area contributed by atoms with E-state index in [0.717, 1.165) is 19.5 Å². The molecule has 2 heterocycles. The maximum absolute atomic E-state index is 12.0. The molecule has 0 saturated carbocycles. The lowest BCUT2D eigenvalue weighted by Crippen LogP contribution is -2.50. The number of nitrogens with zero attached hydrogens (tertiary/aromatic N) is 3. The molecule has 0 aromatic rings. The minimum atomic E-state index is -0.177. The van der Waals surface area contributed by atoms with E-state index in [1.165, 1.54) is 4.90 Å². The van der Waals surface area contributed by atoms with Gasteiger partial charge in [-0.3, -0.25) is 14.4 Å². The maximum Gasteiger partial charge on any atom is 0.242 e. The lowest BCUT2D eigenvalue weighted by molar-refractivity contribution is -0.142. The lowest BCUT2D eigenvalue weighted by atomic mass is 10.3. The highest BCUT2D eigenvalue weighted by molar-refractivity contribution is 5.88. The van der Waals surface area contributed by atoms with E-state index in [4.69, 9.17) is 0 Å². The summed E-state index contributed by atoms with van der Waals surface area (Å²) in [5.74, 6) is -0.181. The third-order valence-electron chi connectivity index (χ3n) is 3.77. The highest BCUT2D eigenvalue weighted by Crippen LogP contribution is 2.09. The highest BCUT2D eigenvalue weighted by Gasteiger charge is 2.25. The van der Waals surface area contributed by atoms with Gasteiger partial charge in [0.25, 0.3) is 0 Å². The summed E-state index contributed by atoms with van der Waals surface area (Å²) in [7, 11) is 1.61. The predicted molar refractivity (Wildman–Crippen MR) is 72.9 cm³/mol. The number of nitrogens with one attached hydrogen (secondary N) is 1. The molecule has 2 rings (SSSR count). The first-order valence-electron chi connectivity index (χ1n) is 7.08. The van der Waals surface area contributed by atoms with Crippen LogP contribution in [0.4, 0.5) is 0 Å². The fourth-order valence-electron chi connectivity index (χ4n) is 2.46. The molecule has 0 aromatic heterocycles. The van der Waals surface area contributed by atoms with Crippen molar-refractivity contribution in [1.29, 1.82) is 0 Å². The van der Waals surface area contributed by atoms with Gasteiger partial charge in [-0.25, -0.2) is 0 Å². The number of carbonyl (C=O) groups is 3. The predicted octanol–water partition coefficient (Wildman–Crippen LogP) is -1.50. The Morgan fingerprint density at radius 1 is 1.25 bits per heavy atom. The van der Waals surface area contributed by atoms with Crippen molar-refractivity contribution in [2.24, 2.45) is 0 Å². The van der Waals surface area contributed by atoms with Crippen LogP contribution in [0, 0.1) is 0 Å². The summed E-state index contributed by atoms with van der Waals surface area (Å²) in [5, 5.41) is 3.18. The van der Waals surface area contributed by atoms with Gasteiger partial charge in [-0.05, 0) is 6.42 Å². The Bertz CT molecular complexity index is 393. The fraction of sp³-hybridized carbons (Fsp3) is 0.769. The first-order chi connectivity index (χ1) is 9.58. The Balaban J connectivity index is 1.78. The Morgan fingerprint density at radius 3 is 2.55 bits per heavy atom. The van der Waals surface area contributed by atoms with E-state index in [9.17, 15) is 14.4 Å². The van der Waals surface area contributed by atoms with E-state index in [0.29, 0.717) is 26.1 Å². The Hall–Kier alpha value is -1.63. The summed E-state index contributed by atoms with van der Waals surface area (Å²) >= 11 is 0. The second kappa shape index (κ2) is 6.69. The van der Waals surface area contributed by atoms with E-state index < -0.39 is 0 Å². The van der Waals surface area contributed by atoms with Gasteiger partial charge in [0.2, 0.25) is 17.7 Å². The van der Waals surface area contributed by atoms with Gasteiger partial charge in [0.15, 0.2) is 0 Å². The van der Waals surface area contributed by atoms with Crippen LogP contribution >= 0.6 is 0 Å². The summed E-state index contributed by atoms with van der Waals surface area (Å²) in [5.41, 5.74) is 0. The molecule has 112 valence electrons. The van der Waals surface area contributed by atoms with E-state index in [1.807, 2.05) is 0 Å². The van der Waals surface area contributed by atoms with Crippen molar-refractivity contribution in [1.82, 2.24) is 20.0 Å². The summed E-state index contributed by atoms with van der Waals surface area (Å²) in [4.78, 5) is 40.3. The first-order valence-corrected chi connectivity index (χ1v) is 7.08. The van der Waals surface area contributed by atoms with Crippen LogP contribution in [0.25, 0.3) is 0 Å². The third kappa shape index (κ3) is 3.69. The number of likely N-dealkylation sites (tertiary alicyclic amines) is 1. The van der Waals surface area contributed by atoms with Crippen LogP contribution in [0.1, 0.15) is 12.8 Å². The van der Waals surface area contributed by atoms with Gasteiger partial charge in [-0.1, -0.05) is 0 Å². The van der Waals surface area contributed by atoms with E-state index in [-0.39, 0.29) is 30.8 Å². The van der Waals surface area contributed by atoms with Gasteiger partial charge in [0.1, 0.15) is 0 Å². The number of amides is 3. The molecule has 3 amide bonds. The number of piperazine rings is 1. The van der Waals surface area contributed by atoms with E-state index in [2.05, 4.69) is 5.32 Å². The monoisotopic (exact) mass is 282 g/mol. The lowest BCUT2D eigenvalue weighted by Gasteiger charge is -2.29. The number of rotatable bonds is 4. The highest BCUT2D eigenvalue weighted by atomic mass is 16.2.